The highest BCUT2D eigenvalue weighted by atomic mass is 32.2. The maximum absolute atomic E-state index is 12.5. The normalized spacial score (nSPS) is 17.0. The number of aromatic nitrogens is 3. The summed E-state index contributed by atoms with van der Waals surface area (Å²) in [4.78, 5) is 36.0. The first-order valence-electron chi connectivity index (χ1n) is 11.1. The summed E-state index contributed by atoms with van der Waals surface area (Å²) in [5.41, 5.74) is 3.59. The molecule has 0 spiro atoms. The molecule has 10 heteroatoms. The van der Waals surface area contributed by atoms with Gasteiger partial charge in [0, 0.05) is 37.4 Å². The van der Waals surface area contributed by atoms with Gasteiger partial charge in [-0.25, -0.2) is 5.01 Å². The number of nitrogens with one attached hydrogen (secondary N) is 2. The van der Waals surface area contributed by atoms with Crippen molar-refractivity contribution in [1.82, 2.24) is 25.5 Å². The number of carbonyl (C=O) groups is 3. The van der Waals surface area contributed by atoms with Crippen LogP contribution >= 0.6 is 11.8 Å². The summed E-state index contributed by atoms with van der Waals surface area (Å²) in [7, 11) is 0. The highest BCUT2D eigenvalue weighted by Crippen LogP contribution is 2.33. The molecule has 1 saturated heterocycles. The van der Waals surface area contributed by atoms with E-state index >= 15 is 0 Å². The summed E-state index contributed by atoms with van der Waals surface area (Å²) >= 11 is 1.63. The SMILES string of the molecule is CSc1nnc(CCCNC(=O)c2ccc(N3NC(=O)CCC3=O)cc2)n1C1CCCC1. The van der Waals surface area contributed by atoms with Crippen molar-refractivity contribution >= 4 is 35.2 Å². The molecule has 0 atom stereocenters. The first-order valence-corrected chi connectivity index (χ1v) is 12.3. The van der Waals surface area contributed by atoms with Crippen molar-refractivity contribution < 1.29 is 14.4 Å². The van der Waals surface area contributed by atoms with E-state index in [1.165, 1.54) is 30.7 Å². The molecule has 2 aromatic rings. The van der Waals surface area contributed by atoms with Crippen LogP contribution in [0.25, 0.3) is 0 Å². The Balaban J connectivity index is 1.29. The fraction of sp³-hybridized carbons (Fsp3) is 0.500. The number of hydrazine groups is 1. The number of anilines is 1. The topological polar surface area (TPSA) is 109 Å². The zero-order chi connectivity index (χ0) is 22.5. The van der Waals surface area contributed by atoms with Crippen molar-refractivity contribution in [3.8, 4) is 0 Å². The maximum atomic E-state index is 12.5. The van der Waals surface area contributed by atoms with Gasteiger partial charge in [0.15, 0.2) is 5.16 Å². The molecule has 170 valence electrons. The molecule has 0 bridgehead atoms. The fourth-order valence-electron chi connectivity index (χ4n) is 4.24. The van der Waals surface area contributed by atoms with Gasteiger partial charge in [-0.15, -0.1) is 10.2 Å². The van der Waals surface area contributed by atoms with E-state index in [1.54, 1.807) is 36.0 Å². The highest BCUT2D eigenvalue weighted by Gasteiger charge is 2.25. The molecule has 0 radical (unpaired) electrons. The van der Waals surface area contributed by atoms with Crippen molar-refractivity contribution in [2.45, 2.75) is 62.6 Å². The zero-order valence-electron chi connectivity index (χ0n) is 18.2. The summed E-state index contributed by atoms with van der Waals surface area (Å²) in [6.45, 7) is 0.535. The van der Waals surface area contributed by atoms with Crippen LogP contribution in [-0.4, -0.2) is 45.3 Å². The Kier molecular flexibility index (Phi) is 7.09. The molecular weight excluding hydrogens is 428 g/mol. The molecule has 9 nitrogen and oxygen atoms in total. The van der Waals surface area contributed by atoms with Gasteiger partial charge in [0.1, 0.15) is 5.82 Å². The van der Waals surface area contributed by atoms with Gasteiger partial charge in [-0.1, -0.05) is 24.6 Å². The molecule has 2 aliphatic rings. The fourth-order valence-corrected chi connectivity index (χ4v) is 4.82. The summed E-state index contributed by atoms with van der Waals surface area (Å²) in [5.74, 6) is 0.456. The van der Waals surface area contributed by atoms with E-state index in [-0.39, 0.29) is 30.6 Å². The van der Waals surface area contributed by atoms with Crippen molar-refractivity contribution in [3.63, 3.8) is 0 Å². The highest BCUT2D eigenvalue weighted by molar-refractivity contribution is 7.98. The van der Waals surface area contributed by atoms with Crippen molar-refractivity contribution in [3.05, 3.63) is 35.7 Å². The monoisotopic (exact) mass is 456 g/mol. The number of nitrogens with zero attached hydrogens (tertiary/aromatic N) is 4. The lowest BCUT2D eigenvalue weighted by molar-refractivity contribution is -0.130. The minimum atomic E-state index is -0.195. The van der Waals surface area contributed by atoms with Crippen LogP contribution in [0.3, 0.4) is 0 Å². The van der Waals surface area contributed by atoms with Crippen LogP contribution in [0.15, 0.2) is 29.4 Å². The average Bonchev–Trinajstić information content (AvgIpc) is 3.47. The molecule has 3 amide bonds. The van der Waals surface area contributed by atoms with Gasteiger partial charge < -0.3 is 9.88 Å². The third-order valence-electron chi connectivity index (χ3n) is 5.91. The zero-order valence-corrected chi connectivity index (χ0v) is 19.0. The van der Waals surface area contributed by atoms with Crippen LogP contribution in [0.1, 0.15) is 67.2 Å². The minimum Gasteiger partial charge on any atom is -0.352 e. The van der Waals surface area contributed by atoms with Crippen molar-refractivity contribution in [2.75, 3.05) is 17.8 Å². The second-order valence-corrected chi connectivity index (χ2v) is 8.86. The Bertz CT molecular complexity index is 984. The van der Waals surface area contributed by atoms with Crippen LogP contribution in [0.5, 0.6) is 0 Å². The first kappa shape index (κ1) is 22.3. The predicted molar refractivity (Wildman–Crippen MR) is 121 cm³/mol. The summed E-state index contributed by atoms with van der Waals surface area (Å²) < 4.78 is 2.29. The van der Waals surface area contributed by atoms with Gasteiger partial charge in [0.2, 0.25) is 11.8 Å². The minimum absolute atomic E-state index is 0.170. The standard InChI is InChI=1S/C22H28N6O3S/c1-32-22-25-24-18(27(22)16-5-2-3-6-16)7-4-14-23-21(31)15-8-10-17(11-9-15)28-20(30)13-12-19(29)26-28/h8-11,16H,2-7,12-14H2,1H3,(H,23,31)(H,26,29). The van der Waals surface area contributed by atoms with E-state index in [2.05, 4.69) is 25.5 Å². The lowest BCUT2D eigenvalue weighted by Gasteiger charge is -2.27. The van der Waals surface area contributed by atoms with Crippen LogP contribution < -0.4 is 15.8 Å². The van der Waals surface area contributed by atoms with Gasteiger partial charge in [-0.2, -0.15) is 0 Å². The quantitative estimate of drug-likeness (QED) is 0.467. The lowest BCUT2D eigenvalue weighted by atomic mass is 10.1. The van der Waals surface area contributed by atoms with Crippen LogP contribution in [0.4, 0.5) is 5.69 Å². The van der Waals surface area contributed by atoms with Gasteiger partial charge in [-0.3, -0.25) is 19.8 Å². The number of benzene rings is 1. The maximum Gasteiger partial charge on any atom is 0.251 e. The number of thioether (sulfide) groups is 1. The molecule has 32 heavy (non-hydrogen) atoms. The lowest BCUT2D eigenvalue weighted by Crippen LogP contribution is -2.50. The number of hydrogen-bond donors (Lipinski definition) is 2. The number of carbonyl (C=O) groups excluding carboxylic acids is 3. The Labute approximate surface area is 191 Å². The smallest absolute Gasteiger partial charge is 0.251 e. The molecule has 4 rings (SSSR count). The third kappa shape index (κ3) is 4.95. The van der Waals surface area contributed by atoms with E-state index in [0.717, 1.165) is 23.8 Å². The van der Waals surface area contributed by atoms with Crippen LogP contribution in [0.2, 0.25) is 0 Å². The molecule has 0 unspecified atom stereocenters. The number of amides is 3. The second kappa shape index (κ2) is 10.2. The average molecular weight is 457 g/mol. The van der Waals surface area contributed by atoms with Gasteiger partial charge >= 0.3 is 0 Å². The van der Waals surface area contributed by atoms with Crippen LogP contribution in [0, 0.1) is 0 Å². The van der Waals surface area contributed by atoms with E-state index in [1.807, 2.05) is 6.26 Å². The van der Waals surface area contributed by atoms with E-state index in [0.29, 0.717) is 23.8 Å². The number of hydrogen-bond acceptors (Lipinski definition) is 6. The second-order valence-electron chi connectivity index (χ2n) is 8.08. The number of rotatable bonds is 8. The Morgan fingerprint density at radius 3 is 2.62 bits per heavy atom. The first-order chi connectivity index (χ1) is 15.6. The molecule has 2 fully saturated rings. The van der Waals surface area contributed by atoms with Gasteiger partial charge in [0.05, 0.1) is 5.69 Å². The summed E-state index contributed by atoms with van der Waals surface area (Å²) in [5, 5.41) is 13.9. The molecule has 1 saturated carbocycles. The Morgan fingerprint density at radius 2 is 1.91 bits per heavy atom. The third-order valence-corrected chi connectivity index (χ3v) is 6.55. The summed E-state index contributed by atoms with van der Waals surface area (Å²) in [6.07, 6.45) is 8.81. The Morgan fingerprint density at radius 1 is 1.16 bits per heavy atom. The van der Waals surface area contributed by atoms with Crippen LogP contribution in [-0.2, 0) is 16.0 Å². The Hall–Kier alpha value is -2.88. The number of aryl methyl sites for hydroxylation is 1. The van der Waals surface area contributed by atoms with E-state index < -0.39 is 0 Å². The largest absolute Gasteiger partial charge is 0.352 e. The van der Waals surface area contributed by atoms with Gasteiger partial charge in [-0.05, 0) is 49.8 Å². The molecular formula is C22H28N6O3S. The van der Waals surface area contributed by atoms with E-state index in [9.17, 15) is 14.4 Å². The van der Waals surface area contributed by atoms with Crippen molar-refractivity contribution in [2.24, 2.45) is 0 Å². The molecule has 1 aliphatic heterocycles. The van der Waals surface area contributed by atoms with E-state index in [4.69, 9.17) is 0 Å². The van der Waals surface area contributed by atoms with Crippen molar-refractivity contribution in [1.29, 1.82) is 0 Å². The van der Waals surface area contributed by atoms with Gasteiger partial charge in [0.25, 0.3) is 5.91 Å². The summed E-state index contributed by atoms with van der Waals surface area (Å²) in [6, 6.07) is 7.12. The molecule has 2 N–H and O–H groups in total. The molecule has 1 aliphatic carbocycles. The molecule has 1 aromatic carbocycles. The molecule has 2 heterocycles. The molecule has 1 aromatic heterocycles. The predicted octanol–water partition coefficient (Wildman–Crippen LogP) is 2.64.